The summed E-state index contributed by atoms with van der Waals surface area (Å²) < 4.78 is 52.8. The standard InChI is InChI=1S/C21H23F3N4O4/c1-10-15(13-6-8-26-11(2)16(13)31-4)17(32-20(10,3)21(22,23)24)19(30)28-12-5-7-27-14(9-12)18(25)29/h5-10,15,17H,1-4H3,(H2,25,29)(H,27,28,30)/t10-,15+,17+,20+/m1/s1. The maximum Gasteiger partial charge on any atom is 0.417 e. The zero-order chi connectivity index (χ0) is 23.8. The van der Waals surface area contributed by atoms with Crippen LogP contribution in [0.3, 0.4) is 0 Å². The number of carbonyl (C=O) groups is 2. The summed E-state index contributed by atoms with van der Waals surface area (Å²) in [5, 5.41) is 2.51. The van der Waals surface area contributed by atoms with E-state index in [-0.39, 0.29) is 17.1 Å². The average Bonchev–Trinajstić information content (AvgIpc) is 3.00. The first-order valence-electron chi connectivity index (χ1n) is 9.71. The predicted molar refractivity (Wildman–Crippen MR) is 108 cm³/mol. The van der Waals surface area contributed by atoms with Crippen molar-refractivity contribution < 1.29 is 32.2 Å². The van der Waals surface area contributed by atoms with Crippen LogP contribution in [0.15, 0.2) is 30.6 Å². The molecule has 32 heavy (non-hydrogen) atoms. The normalized spacial score (nSPS) is 25.4. The molecule has 2 aromatic heterocycles. The number of nitrogens with zero attached hydrogens (tertiary/aromatic N) is 2. The molecule has 2 aromatic rings. The van der Waals surface area contributed by atoms with Gasteiger partial charge >= 0.3 is 6.18 Å². The number of pyridine rings is 2. The molecule has 0 aromatic carbocycles. The SMILES string of the molecule is COc1c([C@H]2[C@@H](C(=O)Nc3ccnc(C(N)=O)c3)O[C@](C)(C(F)(F)F)[C@@H]2C)ccnc1C. The van der Waals surface area contributed by atoms with E-state index in [1.54, 1.807) is 6.92 Å². The molecule has 11 heteroatoms. The molecule has 0 bridgehead atoms. The summed E-state index contributed by atoms with van der Waals surface area (Å²) in [5.74, 6) is -3.46. The second kappa shape index (κ2) is 8.38. The quantitative estimate of drug-likeness (QED) is 0.721. The molecule has 3 N–H and O–H groups in total. The van der Waals surface area contributed by atoms with Crippen molar-refractivity contribution >= 4 is 17.5 Å². The molecule has 0 aliphatic carbocycles. The number of aromatic nitrogens is 2. The van der Waals surface area contributed by atoms with Gasteiger partial charge in [0, 0.05) is 35.5 Å². The van der Waals surface area contributed by atoms with Gasteiger partial charge in [-0.2, -0.15) is 13.2 Å². The van der Waals surface area contributed by atoms with Crippen molar-refractivity contribution in [3.63, 3.8) is 0 Å². The van der Waals surface area contributed by atoms with E-state index in [1.165, 1.54) is 44.6 Å². The van der Waals surface area contributed by atoms with Crippen LogP contribution >= 0.6 is 0 Å². The van der Waals surface area contributed by atoms with Crippen LogP contribution in [0.2, 0.25) is 0 Å². The predicted octanol–water partition coefficient (Wildman–Crippen LogP) is 2.97. The summed E-state index contributed by atoms with van der Waals surface area (Å²) in [6, 6.07) is 4.14. The van der Waals surface area contributed by atoms with Gasteiger partial charge in [-0.25, -0.2) is 0 Å². The van der Waals surface area contributed by atoms with Crippen molar-refractivity contribution in [2.45, 2.75) is 44.6 Å². The average molecular weight is 452 g/mol. The lowest BCUT2D eigenvalue weighted by Crippen LogP contribution is -2.47. The number of carbonyl (C=O) groups excluding carboxylic acids is 2. The first-order chi connectivity index (χ1) is 14.9. The Morgan fingerprint density at radius 1 is 1.25 bits per heavy atom. The van der Waals surface area contributed by atoms with E-state index in [0.29, 0.717) is 11.3 Å². The Labute approximate surface area is 182 Å². The number of hydrogen-bond acceptors (Lipinski definition) is 6. The van der Waals surface area contributed by atoms with E-state index in [2.05, 4.69) is 15.3 Å². The third-order valence-electron chi connectivity index (χ3n) is 5.88. The number of rotatable bonds is 5. The Morgan fingerprint density at radius 2 is 1.91 bits per heavy atom. The van der Waals surface area contributed by atoms with E-state index in [9.17, 15) is 22.8 Å². The van der Waals surface area contributed by atoms with E-state index in [4.69, 9.17) is 15.2 Å². The van der Waals surface area contributed by atoms with Crippen LogP contribution < -0.4 is 15.8 Å². The summed E-state index contributed by atoms with van der Waals surface area (Å²) in [5.41, 5.74) is 3.51. The minimum atomic E-state index is -4.73. The maximum atomic E-state index is 14.0. The second-order valence-corrected chi connectivity index (χ2v) is 7.76. The van der Waals surface area contributed by atoms with Gasteiger partial charge < -0.3 is 20.5 Å². The van der Waals surface area contributed by atoms with Crippen molar-refractivity contribution in [2.24, 2.45) is 11.7 Å². The third kappa shape index (κ3) is 3.99. The molecule has 4 atom stereocenters. The lowest BCUT2D eigenvalue weighted by molar-refractivity contribution is -0.272. The molecule has 3 rings (SSSR count). The lowest BCUT2D eigenvalue weighted by atomic mass is 9.77. The molecule has 1 aliphatic heterocycles. The zero-order valence-electron chi connectivity index (χ0n) is 17.9. The van der Waals surface area contributed by atoms with E-state index in [0.717, 1.165) is 6.92 Å². The van der Waals surface area contributed by atoms with Gasteiger partial charge in [-0.15, -0.1) is 0 Å². The number of alkyl halides is 3. The van der Waals surface area contributed by atoms with Gasteiger partial charge in [0.2, 0.25) is 0 Å². The fraction of sp³-hybridized carbons (Fsp3) is 0.429. The highest BCUT2D eigenvalue weighted by atomic mass is 19.4. The Kier molecular flexibility index (Phi) is 6.14. The van der Waals surface area contributed by atoms with Crippen LogP contribution in [0, 0.1) is 12.8 Å². The van der Waals surface area contributed by atoms with Crippen LogP contribution in [-0.4, -0.2) is 46.8 Å². The molecule has 0 unspecified atom stereocenters. The second-order valence-electron chi connectivity index (χ2n) is 7.76. The van der Waals surface area contributed by atoms with E-state index in [1.807, 2.05) is 0 Å². The summed E-state index contributed by atoms with van der Waals surface area (Å²) in [6.45, 7) is 3.97. The maximum absolute atomic E-state index is 14.0. The van der Waals surface area contributed by atoms with Gasteiger partial charge in [0.1, 0.15) is 17.5 Å². The number of nitrogens with one attached hydrogen (secondary N) is 1. The summed E-state index contributed by atoms with van der Waals surface area (Å²) in [7, 11) is 1.38. The topological polar surface area (TPSA) is 116 Å². The minimum absolute atomic E-state index is 0.105. The molecule has 2 amide bonds. The fourth-order valence-electron chi connectivity index (χ4n) is 3.98. The Morgan fingerprint density at radius 3 is 2.50 bits per heavy atom. The van der Waals surface area contributed by atoms with Gasteiger partial charge in [0.05, 0.1) is 12.8 Å². The van der Waals surface area contributed by atoms with Crippen molar-refractivity contribution in [3.8, 4) is 5.75 Å². The number of halogens is 3. The molecule has 0 saturated carbocycles. The van der Waals surface area contributed by atoms with Crippen LogP contribution in [0.5, 0.6) is 5.75 Å². The Hall–Kier alpha value is -3.21. The number of aryl methyl sites for hydroxylation is 1. The van der Waals surface area contributed by atoms with Crippen LogP contribution in [0.25, 0.3) is 0 Å². The zero-order valence-corrected chi connectivity index (χ0v) is 17.9. The molecular weight excluding hydrogens is 429 g/mol. The number of primary amides is 1. The van der Waals surface area contributed by atoms with Crippen molar-refractivity contribution in [1.82, 2.24) is 9.97 Å². The summed E-state index contributed by atoms with van der Waals surface area (Å²) in [6.07, 6.45) is -3.54. The third-order valence-corrected chi connectivity index (χ3v) is 5.88. The molecule has 172 valence electrons. The highest BCUT2D eigenvalue weighted by Crippen LogP contribution is 2.54. The van der Waals surface area contributed by atoms with Gasteiger partial charge in [-0.05, 0) is 32.0 Å². The number of ether oxygens (including phenoxy) is 2. The van der Waals surface area contributed by atoms with Gasteiger partial charge in [-0.1, -0.05) is 6.92 Å². The molecular formula is C21H23F3N4O4. The highest BCUT2D eigenvalue weighted by molar-refractivity contribution is 5.97. The van der Waals surface area contributed by atoms with Gasteiger partial charge in [0.25, 0.3) is 11.8 Å². The molecule has 1 fully saturated rings. The fourth-order valence-corrected chi connectivity index (χ4v) is 3.98. The number of methoxy groups -OCH3 is 1. The van der Waals surface area contributed by atoms with Crippen molar-refractivity contribution in [2.75, 3.05) is 12.4 Å². The van der Waals surface area contributed by atoms with Gasteiger partial charge in [-0.3, -0.25) is 19.6 Å². The van der Waals surface area contributed by atoms with Crippen LogP contribution in [0.1, 0.15) is 41.5 Å². The van der Waals surface area contributed by atoms with Crippen LogP contribution in [0.4, 0.5) is 18.9 Å². The summed E-state index contributed by atoms with van der Waals surface area (Å²) in [4.78, 5) is 32.4. The number of nitrogens with two attached hydrogens (primary N) is 1. The van der Waals surface area contributed by atoms with E-state index >= 15 is 0 Å². The number of hydrogen-bond donors (Lipinski definition) is 2. The first-order valence-corrected chi connectivity index (χ1v) is 9.71. The lowest BCUT2D eigenvalue weighted by Gasteiger charge is -2.32. The van der Waals surface area contributed by atoms with Gasteiger partial charge in [0.15, 0.2) is 5.60 Å². The smallest absolute Gasteiger partial charge is 0.417 e. The monoisotopic (exact) mass is 452 g/mol. The van der Waals surface area contributed by atoms with E-state index < -0.39 is 41.5 Å². The Balaban J connectivity index is 2.05. The molecule has 1 saturated heterocycles. The number of anilines is 1. The molecule has 0 spiro atoms. The minimum Gasteiger partial charge on any atom is -0.495 e. The molecule has 1 aliphatic rings. The Bertz CT molecular complexity index is 1050. The first kappa shape index (κ1) is 23.5. The van der Waals surface area contributed by atoms with Crippen molar-refractivity contribution in [3.05, 3.63) is 47.5 Å². The van der Waals surface area contributed by atoms with Crippen molar-refractivity contribution in [1.29, 1.82) is 0 Å². The number of amides is 2. The summed E-state index contributed by atoms with van der Waals surface area (Å²) >= 11 is 0. The molecule has 8 nitrogen and oxygen atoms in total. The van der Waals surface area contributed by atoms with Crippen LogP contribution in [-0.2, 0) is 9.53 Å². The molecule has 3 heterocycles. The largest absolute Gasteiger partial charge is 0.495 e. The molecule has 0 radical (unpaired) electrons. The highest BCUT2D eigenvalue weighted by Gasteiger charge is 2.65.